The molecule has 1 N–H and O–H groups in total. The van der Waals surface area contributed by atoms with Crippen LogP contribution in [0.1, 0.15) is 258 Å². The Morgan fingerprint density at radius 1 is 0.438 bits per heavy atom. The van der Waals surface area contributed by atoms with Gasteiger partial charge in [0, 0.05) is 13.0 Å². The van der Waals surface area contributed by atoms with Gasteiger partial charge >= 0.3 is 13.8 Å². The number of ether oxygens (including phenoxy) is 2. The standard InChI is InChI=1S/C64H116NO7P/c1-6-8-10-12-14-16-18-20-22-24-26-28-30-32-34-36-38-40-42-44-46-48-50-52-54-56-59-69-61-63(62-71-73(67,68)70-60-58-65(3,4)5)72-64(66)57-55-53-51-49-47-45-43-41-39-37-35-33-31-29-27-25-23-21-19-17-15-13-11-9-7-2/h8,10,14,16,20,22,26,28,32,34,38,40,44,46,63H,6-7,9,11-13,15,17-19,21,23-25,27,29-31,33,35-37,39,41-43,45,47-62H2,1-5H3/p+1/b10-8-,16-14-,22-20-,28-26-,34-32-,40-38-,46-44-. The van der Waals surface area contributed by atoms with E-state index in [1.165, 1.54) is 141 Å². The fourth-order valence-electron chi connectivity index (χ4n) is 8.36. The monoisotopic (exact) mass is 1040 g/mol. The van der Waals surface area contributed by atoms with Crippen molar-refractivity contribution in [1.29, 1.82) is 0 Å². The molecular weight excluding hydrogens is 926 g/mol. The van der Waals surface area contributed by atoms with Gasteiger partial charge in [0.15, 0.2) is 0 Å². The van der Waals surface area contributed by atoms with Gasteiger partial charge in [0.05, 0.1) is 34.4 Å². The Hall–Kier alpha value is -2.32. The molecule has 0 radical (unpaired) electrons. The summed E-state index contributed by atoms with van der Waals surface area (Å²) in [5, 5.41) is 0. The predicted molar refractivity (Wildman–Crippen MR) is 316 cm³/mol. The third kappa shape index (κ3) is 60.4. The van der Waals surface area contributed by atoms with Crippen LogP contribution in [0.3, 0.4) is 0 Å². The molecule has 73 heavy (non-hydrogen) atoms. The summed E-state index contributed by atoms with van der Waals surface area (Å²) in [6.45, 7) is 5.47. The Labute approximate surface area is 452 Å². The Morgan fingerprint density at radius 2 is 0.795 bits per heavy atom. The number of quaternary nitrogens is 1. The lowest BCUT2D eigenvalue weighted by Crippen LogP contribution is -2.37. The van der Waals surface area contributed by atoms with Crippen LogP contribution in [0, 0.1) is 0 Å². The number of allylic oxidation sites excluding steroid dienone is 14. The first-order valence-corrected chi connectivity index (χ1v) is 31.8. The second kappa shape index (κ2) is 55.9. The molecular formula is C64H117NO7P+. The number of nitrogens with zero attached hydrogens (tertiary/aromatic N) is 1. The van der Waals surface area contributed by atoms with E-state index in [1.807, 2.05) is 21.1 Å². The number of carbonyl (C=O) groups excluding carboxylic acids is 1. The molecule has 8 nitrogen and oxygen atoms in total. The van der Waals surface area contributed by atoms with Crippen molar-refractivity contribution in [1.82, 2.24) is 0 Å². The molecule has 0 aromatic heterocycles. The van der Waals surface area contributed by atoms with Gasteiger partial charge in [-0.05, 0) is 70.6 Å². The second-order valence-corrected chi connectivity index (χ2v) is 22.8. The maximum atomic E-state index is 12.8. The Bertz CT molecular complexity index is 1440. The first-order chi connectivity index (χ1) is 35.6. The molecule has 0 heterocycles. The van der Waals surface area contributed by atoms with Gasteiger partial charge < -0.3 is 18.9 Å². The minimum Gasteiger partial charge on any atom is -0.457 e. The average molecular weight is 1040 g/mol. The summed E-state index contributed by atoms with van der Waals surface area (Å²) in [7, 11) is 1.65. The molecule has 0 rings (SSSR count). The molecule has 9 heteroatoms. The van der Waals surface area contributed by atoms with Crippen LogP contribution >= 0.6 is 7.82 Å². The van der Waals surface area contributed by atoms with E-state index in [0.717, 1.165) is 96.3 Å². The first kappa shape index (κ1) is 70.7. The molecule has 0 aliphatic heterocycles. The van der Waals surface area contributed by atoms with E-state index in [0.29, 0.717) is 24.1 Å². The molecule has 424 valence electrons. The van der Waals surface area contributed by atoms with Crippen LogP contribution in [0.5, 0.6) is 0 Å². The van der Waals surface area contributed by atoms with Crippen molar-refractivity contribution in [2.75, 3.05) is 54.1 Å². The fourth-order valence-corrected chi connectivity index (χ4v) is 9.10. The van der Waals surface area contributed by atoms with E-state index in [1.54, 1.807) is 0 Å². The van der Waals surface area contributed by atoms with Crippen LogP contribution in [-0.4, -0.2) is 75.6 Å². The van der Waals surface area contributed by atoms with E-state index in [4.69, 9.17) is 18.5 Å². The predicted octanol–water partition coefficient (Wildman–Crippen LogP) is 19.5. The van der Waals surface area contributed by atoms with E-state index in [2.05, 4.69) is 98.9 Å². The summed E-state index contributed by atoms with van der Waals surface area (Å²) >= 11 is 0. The number of unbranched alkanes of at least 4 members (excludes halogenated alkanes) is 28. The summed E-state index contributed by atoms with van der Waals surface area (Å²) in [5.74, 6) is -0.320. The normalized spacial score (nSPS) is 14.0. The number of carbonyl (C=O) groups is 1. The highest BCUT2D eigenvalue weighted by atomic mass is 31.2. The molecule has 0 spiro atoms. The van der Waals surface area contributed by atoms with E-state index in [9.17, 15) is 14.3 Å². The molecule has 0 amide bonds. The van der Waals surface area contributed by atoms with Gasteiger partial charge in [0.25, 0.3) is 0 Å². The number of hydrogen-bond donors (Lipinski definition) is 1. The van der Waals surface area contributed by atoms with Crippen molar-refractivity contribution in [3.63, 3.8) is 0 Å². The van der Waals surface area contributed by atoms with Crippen LogP contribution in [0.2, 0.25) is 0 Å². The molecule has 2 unspecified atom stereocenters. The summed E-state index contributed by atoms with van der Waals surface area (Å²) in [6.07, 6.45) is 76.6. The maximum Gasteiger partial charge on any atom is 0.472 e. The zero-order chi connectivity index (χ0) is 53.3. The lowest BCUT2D eigenvalue weighted by Gasteiger charge is -2.24. The van der Waals surface area contributed by atoms with Crippen molar-refractivity contribution >= 4 is 13.8 Å². The number of esters is 1. The number of hydrogen-bond acceptors (Lipinski definition) is 6. The fraction of sp³-hybridized carbons (Fsp3) is 0.766. The number of rotatable bonds is 56. The lowest BCUT2D eigenvalue weighted by molar-refractivity contribution is -0.870. The summed E-state index contributed by atoms with van der Waals surface area (Å²) in [5.41, 5.74) is 0. The third-order valence-corrected chi connectivity index (χ3v) is 14.0. The highest BCUT2D eigenvalue weighted by Crippen LogP contribution is 2.43. The van der Waals surface area contributed by atoms with E-state index >= 15 is 0 Å². The van der Waals surface area contributed by atoms with Gasteiger partial charge in [-0.15, -0.1) is 0 Å². The third-order valence-electron chi connectivity index (χ3n) is 13.0. The molecule has 0 saturated heterocycles. The lowest BCUT2D eigenvalue weighted by atomic mass is 10.0. The van der Waals surface area contributed by atoms with Crippen molar-refractivity contribution in [3.05, 3.63) is 85.1 Å². The topological polar surface area (TPSA) is 91.3 Å². The highest BCUT2D eigenvalue weighted by Gasteiger charge is 2.26. The molecule has 0 bridgehead atoms. The molecule has 0 fully saturated rings. The van der Waals surface area contributed by atoms with Gasteiger partial charge in [0.1, 0.15) is 19.3 Å². The number of phosphoric ester groups is 1. The Balaban J connectivity index is 4.11. The van der Waals surface area contributed by atoms with Gasteiger partial charge in [-0.1, -0.05) is 266 Å². The Kier molecular flexibility index (Phi) is 54.1. The largest absolute Gasteiger partial charge is 0.472 e. The molecule has 0 saturated carbocycles. The molecule has 2 atom stereocenters. The SMILES string of the molecule is CC/C=C\C/C=C\C/C=C\C/C=C\C/C=C\C/C=C\C/C=C\CCCCCCOCC(COP(=O)(O)OCC[N+](C)(C)C)OC(=O)CCCCCCCCCCCCCCCCCCCCCCCCCCC. The second-order valence-electron chi connectivity index (χ2n) is 21.4. The van der Waals surface area contributed by atoms with E-state index in [-0.39, 0.29) is 25.8 Å². The smallest absolute Gasteiger partial charge is 0.457 e. The molecule has 0 aliphatic rings. The van der Waals surface area contributed by atoms with Crippen molar-refractivity contribution < 1.29 is 37.3 Å². The highest BCUT2D eigenvalue weighted by molar-refractivity contribution is 7.47. The zero-order valence-corrected chi connectivity index (χ0v) is 49.3. The molecule has 0 aromatic rings. The summed E-state index contributed by atoms with van der Waals surface area (Å²) in [4.78, 5) is 23.1. The minimum atomic E-state index is -4.30. The first-order valence-electron chi connectivity index (χ1n) is 30.3. The maximum absolute atomic E-state index is 12.8. The van der Waals surface area contributed by atoms with Gasteiger partial charge in [-0.25, -0.2) is 4.57 Å². The molecule has 0 aliphatic carbocycles. The zero-order valence-electron chi connectivity index (χ0n) is 48.4. The number of phosphoric acid groups is 1. The van der Waals surface area contributed by atoms with Crippen molar-refractivity contribution in [3.8, 4) is 0 Å². The van der Waals surface area contributed by atoms with Crippen LogP contribution in [-0.2, 0) is 27.9 Å². The summed E-state index contributed by atoms with van der Waals surface area (Å²) < 4.78 is 35.3. The number of likely N-dealkylation sites (N-methyl/N-ethyl adjacent to an activating group) is 1. The van der Waals surface area contributed by atoms with Crippen LogP contribution in [0.15, 0.2) is 85.1 Å². The average Bonchev–Trinajstić information content (AvgIpc) is 3.35. The van der Waals surface area contributed by atoms with Crippen LogP contribution in [0.25, 0.3) is 0 Å². The van der Waals surface area contributed by atoms with Gasteiger partial charge in [-0.2, -0.15) is 0 Å². The van der Waals surface area contributed by atoms with Crippen LogP contribution < -0.4 is 0 Å². The Morgan fingerprint density at radius 3 is 1.19 bits per heavy atom. The van der Waals surface area contributed by atoms with Crippen molar-refractivity contribution in [2.45, 2.75) is 264 Å². The van der Waals surface area contributed by atoms with Gasteiger partial charge in [0.2, 0.25) is 0 Å². The quantitative estimate of drug-likeness (QED) is 0.0213. The molecule has 0 aromatic carbocycles. The van der Waals surface area contributed by atoms with E-state index < -0.39 is 13.9 Å². The summed E-state index contributed by atoms with van der Waals surface area (Å²) in [6, 6.07) is 0. The van der Waals surface area contributed by atoms with Crippen molar-refractivity contribution in [2.24, 2.45) is 0 Å². The minimum absolute atomic E-state index is 0.0804. The van der Waals surface area contributed by atoms with Gasteiger partial charge in [-0.3, -0.25) is 13.8 Å². The van der Waals surface area contributed by atoms with Crippen LogP contribution in [0.4, 0.5) is 0 Å².